The Bertz CT molecular complexity index is 813. The summed E-state index contributed by atoms with van der Waals surface area (Å²) in [7, 11) is 1.59. The molecule has 2 aromatic heterocycles. The Kier molecular flexibility index (Phi) is 7.22. The first-order valence-corrected chi connectivity index (χ1v) is 9.85. The first-order valence-electron chi connectivity index (χ1n) is 8.05. The molecule has 1 unspecified atom stereocenters. The van der Waals surface area contributed by atoms with E-state index in [1.54, 1.807) is 17.8 Å². The van der Waals surface area contributed by atoms with E-state index in [9.17, 15) is 9.59 Å². The molecule has 2 heterocycles. The Morgan fingerprint density at radius 2 is 2.36 bits per heavy atom. The third-order valence-corrected chi connectivity index (χ3v) is 5.63. The molecule has 6 nitrogen and oxygen atoms in total. The van der Waals surface area contributed by atoms with E-state index in [1.165, 1.54) is 23.1 Å². The molecule has 1 N–H and O–H groups in total. The van der Waals surface area contributed by atoms with Gasteiger partial charge in [-0.3, -0.25) is 14.2 Å². The smallest absolute Gasteiger partial charge is 0.263 e. The highest BCUT2D eigenvalue weighted by atomic mass is 32.2. The number of nitrogens with one attached hydrogen (secondary N) is 1. The molecule has 2 aromatic rings. The molecule has 0 saturated carbocycles. The van der Waals surface area contributed by atoms with Crippen LogP contribution in [0.15, 0.2) is 28.7 Å². The van der Waals surface area contributed by atoms with Gasteiger partial charge in [0.05, 0.1) is 17.7 Å². The maximum absolute atomic E-state index is 12.7. The fourth-order valence-corrected chi connectivity index (χ4v) is 4.19. The summed E-state index contributed by atoms with van der Waals surface area (Å²) in [6, 6.07) is 1.84. The fourth-order valence-electron chi connectivity index (χ4n) is 2.36. The zero-order valence-electron chi connectivity index (χ0n) is 14.7. The summed E-state index contributed by atoms with van der Waals surface area (Å²) in [6.45, 7) is 8.45. The first kappa shape index (κ1) is 19.7. The van der Waals surface area contributed by atoms with Gasteiger partial charge in [-0.05, 0) is 19.4 Å². The van der Waals surface area contributed by atoms with Crippen LogP contribution in [-0.4, -0.2) is 41.0 Å². The van der Waals surface area contributed by atoms with Gasteiger partial charge in [-0.15, -0.1) is 17.9 Å². The minimum Gasteiger partial charge on any atom is -0.383 e. The van der Waals surface area contributed by atoms with Crippen LogP contribution in [0.25, 0.3) is 10.2 Å². The van der Waals surface area contributed by atoms with Crippen molar-refractivity contribution in [1.29, 1.82) is 0 Å². The molecule has 0 aliphatic carbocycles. The minimum absolute atomic E-state index is 0.0617. The molecule has 0 spiro atoms. The van der Waals surface area contributed by atoms with Crippen molar-refractivity contribution in [3.05, 3.63) is 34.0 Å². The topological polar surface area (TPSA) is 73.2 Å². The lowest BCUT2D eigenvalue weighted by atomic mass is 10.3. The predicted molar refractivity (Wildman–Crippen MR) is 104 cm³/mol. The van der Waals surface area contributed by atoms with E-state index in [2.05, 4.69) is 16.9 Å². The average molecular weight is 382 g/mol. The number of aromatic nitrogens is 2. The highest BCUT2D eigenvalue weighted by molar-refractivity contribution is 7.99. The van der Waals surface area contributed by atoms with Crippen molar-refractivity contribution in [2.75, 3.05) is 19.5 Å². The maximum atomic E-state index is 12.7. The number of allylic oxidation sites excluding steroid dienone is 1. The first-order chi connectivity index (χ1) is 12.0. The van der Waals surface area contributed by atoms with E-state index in [-0.39, 0.29) is 23.3 Å². The number of rotatable bonds is 9. The van der Waals surface area contributed by atoms with Crippen LogP contribution >= 0.6 is 23.1 Å². The number of nitrogens with zero attached hydrogens (tertiary/aromatic N) is 2. The zero-order valence-corrected chi connectivity index (χ0v) is 16.3. The van der Waals surface area contributed by atoms with E-state index in [0.717, 1.165) is 16.1 Å². The van der Waals surface area contributed by atoms with Gasteiger partial charge in [-0.1, -0.05) is 24.8 Å². The SMILES string of the molecule is C=CCn1c(SCC(=O)NC(C)COC)nc2sc(CC)cc2c1=O. The van der Waals surface area contributed by atoms with Crippen LogP contribution in [0.4, 0.5) is 0 Å². The number of carbonyl (C=O) groups is 1. The van der Waals surface area contributed by atoms with Crippen molar-refractivity contribution < 1.29 is 9.53 Å². The van der Waals surface area contributed by atoms with Crippen molar-refractivity contribution in [1.82, 2.24) is 14.9 Å². The number of thioether (sulfide) groups is 1. The van der Waals surface area contributed by atoms with E-state index in [1.807, 2.05) is 19.9 Å². The van der Waals surface area contributed by atoms with Crippen LogP contribution < -0.4 is 10.9 Å². The van der Waals surface area contributed by atoms with Gasteiger partial charge in [-0.2, -0.15) is 0 Å². The Hall–Kier alpha value is -1.64. The Balaban J connectivity index is 2.23. The average Bonchev–Trinajstić information content (AvgIpc) is 2.99. The number of amides is 1. The van der Waals surface area contributed by atoms with Crippen LogP contribution in [-0.2, 0) is 22.5 Å². The van der Waals surface area contributed by atoms with Gasteiger partial charge in [-0.25, -0.2) is 4.98 Å². The van der Waals surface area contributed by atoms with Gasteiger partial charge in [0.25, 0.3) is 5.56 Å². The van der Waals surface area contributed by atoms with Crippen molar-refractivity contribution in [2.24, 2.45) is 0 Å². The molecule has 0 radical (unpaired) electrons. The van der Waals surface area contributed by atoms with Crippen LogP contribution in [0, 0.1) is 0 Å². The molecular formula is C17H23N3O3S2. The molecule has 0 aromatic carbocycles. The van der Waals surface area contributed by atoms with Gasteiger partial charge in [0, 0.05) is 24.6 Å². The lowest BCUT2D eigenvalue weighted by molar-refractivity contribution is -0.119. The van der Waals surface area contributed by atoms with Crippen LogP contribution in [0.3, 0.4) is 0 Å². The number of hydrogen-bond donors (Lipinski definition) is 1. The largest absolute Gasteiger partial charge is 0.383 e. The van der Waals surface area contributed by atoms with Crippen molar-refractivity contribution in [3.63, 3.8) is 0 Å². The summed E-state index contributed by atoms with van der Waals surface area (Å²) in [5, 5.41) is 4.02. The monoisotopic (exact) mass is 381 g/mol. The third kappa shape index (κ3) is 4.93. The number of fused-ring (bicyclic) bond motifs is 1. The molecular weight excluding hydrogens is 358 g/mol. The van der Waals surface area contributed by atoms with Crippen LogP contribution in [0.1, 0.15) is 18.7 Å². The minimum atomic E-state index is -0.116. The number of aryl methyl sites for hydroxylation is 1. The fraction of sp³-hybridized carbons (Fsp3) is 0.471. The number of methoxy groups -OCH3 is 1. The Labute approximate surface area is 155 Å². The molecule has 0 fully saturated rings. The maximum Gasteiger partial charge on any atom is 0.263 e. The van der Waals surface area contributed by atoms with E-state index >= 15 is 0 Å². The number of thiophene rings is 1. The normalized spacial score (nSPS) is 12.3. The molecule has 0 saturated heterocycles. The molecule has 1 atom stereocenters. The second-order valence-electron chi connectivity index (χ2n) is 5.60. The van der Waals surface area contributed by atoms with Crippen molar-refractivity contribution >= 4 is 39.2 Å². The summed E-state index contributed by atoms with van der Waals surface area (Å²) in [6.07, 6.45) is 2.52. The van der Waals surface area contributed by atoms with E-state index in [4.69, 9.17) is 4.74 Å². The van der Waals surface area contributed by atoms with Gasteiger partial charge < -0.3 is 10.1 Å². The van der Waals surface area contributed by atoms with Crippen LogP contribution in [0.2, 0.25) is 0 Å². The summed E-state index contributed by atoms with van der Waals surface area (Å²) < 4.78 is 6.57. The third-order valence-electron chi connectivity index (χ3n) is 3.48. The Morgan fingerprint density at radius 3 is 3.00 bits per heavy atom. The number of carbonyl (C=O) groups excluding carboxylic acids is 1. The predicted octanol–water partition coefficient (Wildman–Crippen LogP) is 2.45. The Morgan fingerprint density at radius 1 is 1.60 bits per heavy atom. The molecule has 8 heteroatoms. The molecule has 25 heavy (non-hydrogen) atoms. The number of ether oxygens (including phenoxy) is 1. The van der Waals surface area contributed by atoms with E-state index < -0.39 is 0 Å². The zero-order chi connectivity index (χ0) is 18.4. The lowest BCUT2D eigenvalue weighted by Crippen LogP contribution is -2.36. The highest BCUT2D eigenvalue weighted by Gasteiger charge is 2.15. The van der Waals surface area contributed by atoms with Crippen molar-refractivity contribution in [3.8, 4) is 0 Å². The quantitative estimate of drug-likeness (QED) is 0.410. The van der Waals surface area contributed by atoms with E-state index in [0.29, 0.717) is 23.7 Å². The second kappa shape index (κ2) is 9.17. The molecule has 0 aliphatic heterocycles. The lowest BCUT2D eigenvalue weighted by Gasteiger charge is -2.13. The molecule has 136 valence electrons. The van der Waals surface area contributed by atoms with Gasteiger partial charge in [0.1, 0.15) is 4.83 Å². The molecule has 0 bridgehead atoms. The van der Waals surface area contributed by atoms with Gasteiger partial charge in [0.2, 0.25) is 5.91 Å². The van der Waals surface area contributed by atoms with Gasteiger partial charge in [0.15, 0.2) is 5.16 Å². The highest BCUT2D eigenvalue weighted by Crippen LogP contribution is 2.25. The number of hydrogen-bond acceptors (Lipinski definition) is 6. The van der Waals surface area contributed by atoms with Crippen molar-refractivity contribution in [2.45, 2.75) is 38.0 Å². The summed E-state index contributed by atoms with van der Waals surface area (Å²) >= 11 is 2.78. The standard InChI is InChI=1S/C17H23N3O3S2/c1-5-7-20-16(22)13-8-12(6-2)25-15(13)19-17(20)24-10-14(21)18-11(3)9-23-4/h5,8,11H,1,6-7,9-10H2,2-4H3,(H,18,21). The molecule has 1 amide bonds. The molecule has 2 rings (SSSR count). The van der Waals surface area contributed by atoms with Gasteiger partial charge >= 0.3 is 0 Å². The summed E-state index contributed by atoms with van der Waals surface area (Å²) in [5.74, 6) is 0.0734. The summed E-state index contributed by atoms with van der Waals surface area (Å²) in [4.78, 5) is 31.2. The second-order valence-corrected chi connectivity index (χ2v) is 7.65. The van der Waals surface area contributed by atoms with Crippen LogP contribution in [0.5, 0.6) is 0 Å². The summed E-state index contributed by atoms with van der Waals surface area (Å²) in [5.41, 5.74) is -0.0866. The molecule has 0 aliphatic rings.